The predicted octanol–water partition coefficient (Wildman–Crippen LogP) is 1.15. The molecule has 0 saturated heterocycles. The van der Waals surface area contributed by atoms with Gasteiger partial charge in [-0.2, -0.15) is 0 Å². The predicted molar refractivity (Wildman–Crippen MR) is 97.9 cm³/mol. The van der Waals surface area contributed by atoms with Crippen molar-refractivity contribution < 1.29 is 9.59 Å². The first-order chi connectivity index (χ1) is 12.4. The number of amides is 2. The molecule has 6 N–H and O–H groups in total. The number of nitrogens with zero attached hydrogens (tertiary/aromatic N) is 3. The van der Waals surface area contributed by atoms with Crippen LogP contribution in [0.1, 0.15) is 17.4 Å². The van der Waals surface area contributed by atoms with E-state index in [4.69, 9.17) is 11.5 Å². The minimum Gasteiger partial charge on any atom is -0.368 e. The summed E-state index contributed by atoms with van der Waals surface area (Å²) in [5.41, 5.74) is 12.1. The number of carbonyl (C=O) groups is 2. The fraction of sp³-hybridized carbons (Fsp3) is 0.118. The van der Waals surface area contributed by atoms with Gasteiger partial charge in [-0.25, -0.2) is 9.97 Å². The molecule has 1 aromatic carbocycles. The van der Waals surface area contributed by atoms with Crippen LogP contribution in [-0.4, -0.2) is 32.8 Å². The van der Waals surface area contributed by atoms with E-state index in [1.54, 1.807) is 19.2 Å². The van der Waals surface area contributed by atoms with Crippen molar-refractivity contribution in [3.63, 3.8) is 0 Å². The molecule has 1 atom stereocenters. The number of hydrogen-bond acceptors (Lipinski definition) is 7. The largest absolute Gasteiger partial charge is 0.368 e. The van der Waals surface area contributed by atoms with Crippen LogP contribution in [0.2, 0.25) is 0 Å². The van der Waals surface area contributed by atoms with Crippen molar-refractivity contribution in [3.05, 3.63) is 48.4 Å². The smallest absolute Gasteiger partial charge is 0.271 e. The summed E-state index contributed by atoms with van der Waals surface area (Å²) in [7, 11) is 0. The molecule has 0 bridgehead atoms. The summed E-state index contributed by atoms with van der Waals surface area (Å²) in [6.45, 7) is 1.59. The Labute approximate surface area is 148 Å². The van der Waals surface area contributed by atoms with Crippen LogP contribution in [0.5, 0.6) is 0 Å². The van der Waals surface area contributed by atoms with E-state index in [0.717, 1.165) is 10.9 Å². The van der Waals surface area contributed by atoms with Gasteiger partial charge in [-0.3, -0.25) is 14.6 Å². The molecule has 0 fully saturated rings. The fourth-order valence-electron chi connectivity index (χ4n) is 2.31. The first-order valence-corrected chi connectivity index (χ1v) is 7.78. The average Bonchev–Trinajstić information content (AvgIpc) is 2.61. The molecule has 0 aliphatic heterocycles. The van der Waals surface area contributed by atoms with Crippen LogP contribution < -0.4 is 22.1 Å². The molecule has 132 valence electrons. The summed E-state index contributed by atoms with van der Waals surface area (Å²) in [5, 5.41) is 6.76. The quantitative estimate of drug-likeness (QED) is 0.520. The molecular formula is C17H17N7O2. The van der Waals surface area contributed by atoms with Crippen molar-refractivity contribution >= 4 is 40.0 Å². The Kier molecular flexibility index (Phi) is 4.61. The van der Waals surface area contributed by atoms with E-state index in [1.807, 2.05) is 24.3 Å². The molecule has 2 aromatic heterocycles. The number of rotatable bonds is 6. The highest BCUT2D eigenvalue weighted by Crippen LogP contribution is 2.22. The van der Waals surface area contributed by atoms with Crippen molar-refractivity contribution in [1.29, 1.82) is 0 Å². The third-order valence-corrected chi connectivity index (χ3v) is 3.66. The van der Waals surface area contributed by atoms with Gasteiger partial charge in [-0.1, -0.05) is 6.07 Å². The van der Waals surface area contributed by atoms with Gasteiger partial charge < -0.3 is 22.1 Å². The minimum atomic E-state index is -0.725. The first-order valence-electron chi connectivity index (χ1n) is 7.78. The molecule has 0 unspecified atom stereocenters. The normalized spacial score (nSPS) is 11.7. The van der Waals surface area contributed by atoms with Crippen LogP contribution in [-0.2, 0) is 4.79 Å². The zero-order valence-corrected chi connectivity index (χ0v) is 13.9. The number of nitrogens with two attached hydrogens (primary N) is 2. The van der Waals surface area contributed by atoms with Gasteiger partial charge in [0.25, 0.3) is 5.91 Å². The van der Waals surface area contributed by atoms with Gasteiger partial charge in [-0.15, -0.1) is 0 Å². The second-order valence-corrected chi connectivity index (χ2v) is 5.62. The van der Waals surface area contributed by atoms with Gasteiger partial charge in [0, 0.05) is 17.3 Å². The zero-order chi connectivity index (χ0) is 18.7. The number of benzene rings is 1. The van der Waals surface area contributed by atoms with Crippen LogP contribution in [0, 0.1) is 0 Å². The third kappa shape index (κ3) is 3.66. The summed E-state index contributed by atoms with van der Waals surface area (Å²) in [6.07, 6.45) is 3.02. The third-order valence-electron chi connectivity index (χ3n) is 3.66. The number of hydrogen-bond donors (Lipinski definition) is 4. The number of aromatic nitrogens is 3. The van der Waals surface area contributed by atoms with Crippen molar-refractivity contribution in [2.75, 3.05) is 10.6 Å². The Morgan fingerprint density at radius 3 is 2.69 bits per heavy atom. The highest BCUT2D eigenvalue weighted by atomic mass is 16.1. The van der Waals surface area contributed by atoms with E-state index in [-0.39, 0.29) is 17.3 Å². The van der Waals surface area contributed by atoms with Crippen molar-refractivity contribution in [2.45, 2.75) is 13.0 Å². The number of pyridine rings is 1. The Balaban J connectivity index is 1.95. The lowest BCUT2D eigenvalue weighted by Gasteiger charge is -2.14. The maximum absolute atomic E-state index is 11.6. The van der Waals surface area contributed by atoms with Crippen LogP contribution in [0.3, 0.4) is 0 Å². The first kappa shape index (κ1) is 17.1. The summed E-state index contributed by atoms with van der Waals surface area (Å²) in [4.78, 5) is 35.4. The van der Waals surface area contributed by atoms with Gasteiger partial charge in [0.05, 0.1) is 11.7 Å². The maximum Gasteiger partial charge on any atom is 0.271 e. The topological polar surface area (TPSA) is 149 Å². The number of fused-ring (bicyclic) bond motifs is 1. The van der Waals surface area contributed by atoms with Crippen LogP contribution in [0.4, 0.5) is 17.3 Å². The molecule has 0 aliphatic rings. The molecule has 0 radical (unpaired) electrons. The number of carbonyl (C=O) groups excluding carboxylic acids is 2. The number of primary amides is 2. The summed E-state index contributed by atoms with van der Waals surface area (Å²) in [5.74, 6) is -0.812. The molecule has 0 spiro atoms. The van der Waals surface area contributed by atoms with Crippen molar-refractivity contribution in [3.8, 4) is 0 Å². The molecule has 0 aliphatic carbocycles. The highest BCUT2D eigenvalue weighted by molar-refractivity contribution is 5.96. The van der Waals surface area contributed by atoms with Crippen LogP contribution in [0.25, 0.3) is 10.9 Å². The van der Waals surface area contributed by atoms with E-state index >= 15 is 0 Å². The number of anilines is 3. The van der Waals surface area contributed by atoms with Gasteiger partial charge in [-0.05, 0) is 31.2 Å². The molecular weight excluding hydrogens is 334 g/mol. The van der Waals surface area contributed by atoms with Gasteiger partial charge in [0.2, 0.25) is 5.91 Å². The summed E-state index contributed by atoms with van der Waals surface area (Å²) >= 11 is 0. The van der Waals surface area contributed by atoms with E-state index in [1.165, 1.54) is 6.20 Å². The highest BCUT2D eigenvalue weighted by Gasteiger charge is 2.15. The molecule has 2 heterocycles. The summed E-state index contributed by atoms with van der Waals surface area (Å²) < 4.78 is 0. The Bertz CT molecular complexity index is 990. The lowest BCUT2D eigenvalue weighted by Crippen LogP contribution is -2.33. The van der Waals surface area contributed by atoms with Crippen molar-refractivity contribution in [1.82, 2.24) is 15.0 Å². The monoisotopic (exact) mass is 351 g/mol. The van der Waals surface area contributed by atoms with Gasteiger partial charge in [0.15, 0.2) is 11.5 Å². The van der Waals surface area contributed by atoms with Crippen molar-refractivity contribution in [2.24, 2.45) is 11.5 Å². The van der Waals surface area contributed by atoms with Crippen LogP contribution in [0.15, 0.2) is 42.7 Å². The molecule has 3 aromatic rings. The molecule has 9 heteroatoms. The lowest BCUT2D eigenvalue weighted by molar-refractivity contribution is -0.118. The Hall–Kier alpha value is -3.75. The van der Waals surface area contributed by atoms with E-state index in [0.29, 0.717) is 5.69 Å². The molecule has 26 heavy (non-hydrogen) atoms. The van der Waals surface area contributed by atoms with Gasteiger partial charge in [0.1, 0.15) is 11.9 Å². The second-order valence-electron chi connectivity index (χ2n) is 5.62. The SMILES string of the molecule is C[C@@H](Nc1cnc(C(N)=O)c(Nc2ccc3ncccc3c2)n1)C(N)=O. The molecule has 2 amide bonds. The second kappa shape index (κ2) is 7.01. The Morgan fingerprint density at radius 2 is 1.96 bits per heavy atom. The minimum absolute atomic E-state index is 0.0199. The van der Waals surface area contributed by atoms with Gasteiger partial charge >= 0.3 is 0 Å². The standard InChI is InChI=1S/C17H17N7O2/c1-9(15(18)25)22-13-8-21-14(16(19)26)17(24-13)23-11-4-5-12-10(7-11)3-2-6-20-12/h2-9H,1H3,(H2,18,25)(H2,19,26)(H2,22,23,24)/t9-/m1/s1. The summed E-state index contributed by atoms with van der Waals surface area (Å²) in [6, 6.07) is 8.60. The zero-order valence-electron chi connectivity index (χ0n) is 13.9. The van der Waals surface area contributed by atoms with E-state index in [9.17, 15) is 9.59 Å². The molecule has 0 saturated carbocycles. The fourth-order valence-corrected chi connectivity index (χ4v) is 2.31. The lowest BCUT2D eigenvalue weighted by atomic mass is 10.2. The maximum atomic E-state index is 11.6. The number of nitrogens with one attached hydrogen (secondary N) is 2. The Morgan fingerprint density at radius 1 is 1.15 bits per heavy atom. The van der Waals surface area contributed by atoms with E-state index in [2.05, 4.69) is 25.6 Å². The molecule has 9 nitrogen and oxygen atoms in total. The molecule has 3 rings (SSSR count). The van der Waals surface area contributed by atoms with Crippen LogP contribution >= 0.6 is 0 Å². The van der Waals surface area contributed by atoms with E-state index < -0.39 is 17.9 Å². The average molecular weight is 351 g/mol.